The third-order valence-electron chi connectivity index (χ3n) is 6.01. The number of nitrogen functional groups attached to an aromatic ring is 1. The van der Waals surface area contributed by atoms with Crippen LogP contribution in [0, 0.1) is 5.92 Å². The Hall–Kier alpha value is -3.47. The first-order valence-corrected chi connectivity index (χ1v) is 13.3. The number of rotatable bonds is 11. The Morgan fingerprint density at radius 2 is 2.06 bits per heavy atom. The highest BCUT2D eigenvalue weighted by Crippen LogP contribution is 2.46. The number of hydrogen-bond acceptors (Lipinski definition) is 9. The molecule has 0 saturated heterocycles. The Kier molecular flexibility index (Phi) is 6.65. The van der Waals surface area contributed by atoms with E-state index in [9.17, 15) is 14.5 Å². The number of para-hydroxylation sites is 1. The van der Waals surface area contributed by atoms with Gasteiger partial charge in [0.25, 0.3) is 0 Å². The number of fused-ring (bicyclic) bond motifs is 1. The summed E-state index contributed by atoms with van der Waals surface area (Å²) in [6, 6.07) is 7.69. The molecule has 5 rings (SSSR count). The van der Waals surface area contributed by atoms with Gasteiger partial charge in [-0.2, -0.15) is 15.1 Å². The molecule has 36 heavy (non-hydrogen) atoms. The highest BCUT2D eigenvalue weighted by Gasteiger charge is 2.33. The summed E-state index contributed by atoms with van der Waals surface area (Å²) in [5.41, 5.74) is 7.26. The monoisotopic (exact) mass is 513 g/mol. The molecule has 4 atom stereocenters. The molecule has 1 saturated carbocycles. The lowest BCUT2D eigenvalue weighted by Crippen LogP contribution is -2.33. The minimum absolute atomic E-state index is 0.0630. The number of allylic oxidation sites excluding steroid dienone is 1. The summed E-state index contributed by atoms with van der Waals surface area (Å²) in [6.45, 7) is 1.44. The number of benzene rings is 1. The molecular weight excluding hydrogens is 485 g/mol. The lowest BCUT2D eigenvalue weighted by molar-refractivity contribution is -0.138. The summed E-state index contributed by atoms with van der Waals surface area (Å²) in [4.78, 5) is 24.6. The standard InChI is InChI=1S/C23H28N7O5P/c1-14(22(31)32)29-36(33,35-18-5-3-2-4-6-18)34-12-15-7-10-17(11-15)30-13-25-19-20(26-16-8-9-16)27-23(24)28-21(19)30/h2-7,10,13-17H,8-9,11-12H2,1H3,(H,29,33)(H,31,32)(H3,24,26,27,28)/t14-,15+,17-,36?/m0/s1. The third kappa shape index (κ3) is 5.51. The first-order chi connectivity index (χ1) is 17.3. The van der Waals surface area contributed by atoms with Gasteiger partial charge in [-0.15, -0.1) is 0 Å². The van der Waals surface area contributed by atoms with E-state index in [1.54, 1.807) is 36.7 Å². The lowest BCUT2D eigenvalue weighted by atomic mass is 10.1. The van der Waals surface area contributed by atoms with Gasteiger partial charge in [0.2, 0.25) is 5.95 Å². The number of carbonyl (C=O) groups is 1. The van der Waals surface area contributed by atoms with Crippen LogP contribution in [-0.2, 0) is 13.9 Å². The fourth-order valence-electron chi connectivity index (χ4n) is 3.98. The zero-order chi connectivity index (χ0) is 25.3. The van der Waals surface area contributed by atoms with Crippen LogP contribution in [0.4, 0.5) is 11.8 Å². The number of aromatic nitrogens is 4. The van der Waals surface area contributed by atoms with E-state index in [0.29, 0.717) is 35.2 Å². The average Bonchev–Trinajstić information content (AvgIpc) is 3.35. The molecule has 12 nitrogen and oxygen atoms in total. The number of carboxylic acid groups (broad SMARTS) is 1. The van der Waals surface area contributed by atoms with Crippen molar-refractivity contribution in [3.63, 3.8) is 0 Å². The van der Waals surface area contributed by atoms with E-state index in [-0.39, 0.29) is 24.5 Å². The molecule has 5 N–H and O–H groups in total. The van der Waals surface area contributed by atoms with Gasteiger partial charge in [-0.05, 0) is 38.3 Å². The van der Waals surface area contributed by atoms with E-state index in [1.165, 1.54) is 6.92 Å². The maximum atomic E-state index is 13.4. The van der Waals surface area contributed by atoms with Crippen LogP contribution in [0.25, 0.3) is 11.2 Å². The molecule has 13 heteroatoms. The minimum atomic E-state index is -3.97. The number of hydrogen-bond donors (Lipinski definition) is 4. The van der Waals surface area contributed by atoms with Crippen LogP contribution in [0.1, 0.15) is 32.2 Å². The van der Waals surface area contributed by atoms with Crippen LogP contribution in [0.3, 0.4) is 0 Å². The quantitative estimate of drug-likeness (QED) is 0.219. The highest BCUT2D eigenvalue weighted by atomic mass is 31.2. The number of anilines is 2. The van der Waals surface area contributed by atoms with Gasteiger partial charge < -0.3 is 25.2 Å². The summed E-state index contributed by atoms with van der Waals surface area (Å²) in [5, 5.41) is 15.1. The Bertz CT molecular complexity index is 1330. The average molecular weight is 513 g/mol. The predicted molar refractivity (Wildman–Crippen MR) is 134 cm³/mol. The zero-order valence-electron chi connectivity index (χ0n) is 19.7. The van der Waals surface area contributed by atoms with Crippen molar-refractivity contribution in [2.45, 2.75) is 44.3 Å². The third-order valence-corrected chi connectivity index (χ3v) is 7.66. The molecule has 2 aliphatic rings. The van der Waals surface area contributed by atoms with E-state index in [2.05, 4.69) is 25.4 Å². The molecule has 0 amide bonds. The first kappa shape index (κ1) is 24.2. The highest BCUT2D eigenvalue weighted by molar-refractivity contribution is 7.52. The first-order valence-electron chi connectivity index (χ1n) is 11.7. The molecule has 0 radical (unpaired) electrons. The SMILES string of the molecule is C[C@H](NP(=O)(OC[C@@H]1C=C[C@H](n2cnc3c(NC4CC4)nc(N)nc32)C1)Oc1ccccc1)C(=O)O. The molecule has 3 aromatic rings. The van der Waals surface area contributed by atoms with Crippen molar-refractivity contribution < 1.29 is 23.5 Å². The van der Waals surface area contributed by atoms with Gasteiger partial charge in [0.1, 0.15) is 11.8 Å². The molecule has 1 unspecified atom stereocenters. The van der Waals surface area contributed by atoms with Gasteiger partial charge in [-0.25, -0.2) is 9.55 Å². The van der Waals surface area contributed by atoms with Crippen molar-refractivity contribution in [2.24, 2.45) is 5.92 Å². The number of imidazole rings is 1. The van der Waals surface area contributed by atoms with E-state index in [0.717, 1.165) is 12.8 Å². The van der Waals surface area contributed by atoms with E-state index < -0.39 is 19.8 Å². The molecule has 1 fully saturated rings. The summed E-state index contributed by atoms with van der Waals surface area (Å²) in [7, 11) is -3.97. The van der Waals surface area contributed by atoms with E-state index in [1.807, 2.05) is 16.7 Å². The molecular formula is C23H28N7O5P. The number of nitrogens with two attached hydrogens (primary N) is 1. The van der Waals surface area contributed by atoms with Gasteiger partial charge in [0.05, 0.1) is 19.0 Å². The Balaban J connectivity index is 1.27. The van der Waals surface area contributed by atoms with Crippen LogP contribution in [0.15, 0.2) is 48.8 Å². The number of nitrogens with one attached hydrogen (secondary N) is 2. The lowest BCUT2D eigenvalue weighted by Gasteiger charge is -2.23. The van der Waals surface area contributed by atoms with Crippen LogP contribution in [0.5, 0.6) is 5.75 Å². The predicted octanol–water partition coefficient (Wildman–Crippen LogP) is 3.37. The smallest absolute Gasteiger partial charge is 0.459 e. The number of carboxylic acids is 1. The summed E-state index contributed by atoms with van der Waals surface area (Å²) in [6.07, 6.45) is 8.53. The molecule has 1 aromatic carbocycles. The van der Waals surface area contributed by atoms with Gasteiger partial charge in [0, 0.05) is 12.0 Å². The van der Waals surface area contributed by atoms with Crippen molar-refractivity contribution in [1.29, 1.82) is 0 Å². The summed E-state index contributed by atoms with van der Waals surface area (Å²) >= 11 is 0. The van der Waals surface area contributed by atoms with Gasteiger partial charge in [0.15, 0.2) is 17.0 Å². The molecule has 0 spiro atoms. The fraction of sp³-hybridized carbons (Fsp3) is 0.391. The Labute approximate surface area is 207 Å². The fourth-order valence-corrected chi connectivity index (χ4v) is 5.53. The largest absolute Gasteiger partial charge is 0.480 e. The molecule has 0 aliphatic heterocycles. The van der Waals surface area contributed by atoms with Gasteiger partial charge >= 0.3 is 13.7 Å². The minimum Gasteiger partial charge on any atom is -0.480 e. The molecule has 2 aromatic heterocycles. The Morgan fingerprint density at radius 1 is 1.28 bits per heavy atom. The number of aliphatic carboxylic acids is 1. The second-order valence-corrected chi connectivity index (χ2v) is 10.7. The maximum absolute atomic E-state index is 13.4. The Morgan fingerprint density at radius 3 is 2.78 bits per heavy atom. The second-order valence-electron chi connectivity index (χ2n) is 9.01. The van der Waals surface area contributed by atoms with Gasteiger partial charge in [-0.1, -0.05) is 30.4 Å². The van der Waals surface area contributed by atoms with Crippen molar-refractivity contribution in [3.05, 3.63) is 48.8 Å². The van der Waals surface area contributed by atoms with Gasteiger partial charge in [-0.3, -0.25) is 9.32 Å². The van der Waals surface area contributed by atoms with E-state index in [4.69, 9.17) is 14.8 Å². The normalized spacial score (nSPS) is 21.8. The summed E-state index contributed by atoms with van der Waals surface area (Å²) < 4.78 is 26.6. The van der Waals surface area contributed by atoms with Crippen molar-refractivity contribution in [1.82, 2.24) is 24.6 Å². The van der Waals surface area contributed by atoms with Crippen LogP contribution < -0.4 is 20.7 Å². The summed E-state index contributed by atoms with van der Waals surface area (Å²) in [5.74, 6) is -0.140. The van der Waals surface area contributed by atoms with Crippen LogP contribution >= 0.6 is 7.75 Å². The van der Waals surface area contributed by atoms with Crippen molar-refractivity contribution >= 4 is 36.6 Å². The van der Waals surface area contributed by atoms with Crippen molar-refractivity contribution in [3.8, 4) is 5.75 Å². The molecule has 2 aliphatic carbocycles. The van der Waals surface area contributed by atoms with Crippen molar-refractivity contribution in [2.75, 3.05) is 17.7 Å². The maximum Gasteiger partial charge on any atom is 0.459 e. The van der Waals surface area contributed by atoms with E-state index >= 15 is 0 Å². The van der Waals surface area contributed by atoms with Crippen LogP contribution in [0.2, 0.25) is 0 Å². The number of nitrogens with zero attached hydrogens (tertiary/aromatic N) is 4. The topological polar surface area (TPSA) is 167 Å². The van der Waals surface area contributed by atoms with Crippen LogP contribution in [-0.4, -0.2) is 49.3 Å². The zero-order valence-corrected chi connectivity index (χ0v) is 20.5. The molecule has 0 bridgehead atoms. The molecule has 2 heterocycles. The molecule has 190 valence electrons. The second kappa shape index (κ2) is 9.88.